The van der Waals surface area contributed by atoms with Crippen LogP contribution in [0.4, 0.5) is 9.18 Å². The molecule has 0 aliphatic carbocycles. The number of halogens is 1. The highest BCUT2D eigenvalue weighted by atomic mass is 19.1. The van der Waals surface area contributed by atoms with Gasteiger partial charge in [-0.1, -0.05) is 54.6 Å². The van der Waals surface area contributed by atoms with Gasteiger partial charge in [0, 0.05) is 38.8 Å². The Bertz CT molecular complexity index is 1390. The first-order valence-corrected chi connectivity index (χ1v) is 13.2. The number of hydrogen-bond donors (Lipinski definition) is 1. The summed E-state index contributed by atoms with van der Waals surface area (Å²) in [6.07, 6.45) is 1.81. The number of imidazole rings is 1. The maximum absolute atomic E-state index is 13.3. The third-order valence-electron chi connectivity index (χ3n) is 7.12. The van der Waals surface area contributed by atoms with E-state index >= 15 is 0 Å². The van der Waals surface area contributed by atoms with E-state index < -0.39 is 0 Å². The number of nitrogens with zero attached hydrogens (tertiary/aromatic N) is 3. The van der Waals surface area contributed by atoms with Crippen molar-refractivity contribution in [3.63, 3.8) is 0 Å². The lowest BCUT2D eigenvalue weighted by molar-refractivity contribution is 0.0841. The topological polar surface area (TPSA) is 70.6 Å². The van der Waals surface area contributed by atoms with E-state index in [1.54, 1.807) is 17.0 Å². The number of rotatable bonds is 9. The van der Waals surface area contributed by atoms with Crippen LogP contribution in [-0.4, -0.2) is 51.7 Å². The molecule has 0 bridgehead atoms. The van der Waals surface area contributed by atoms with Crippen molar-refractivity contribution in [2.45, 2.75) is 38.4 Å². The number of hydrogen-bond acceptors (Lipinski definition) is 4. The molecule has 1 aliphatic heterocycles. The highest BCUT2D eigenvalue weighted by Gasteiger charge is 2.26. The molecule has 5 rings (SSSR count). The van der Waals surface area contributed by atoms with Gasteiger partial charge >= 0.3 is 11.8 Å². The van der Waals surface area contributed by atoms with Crippen LogP contribution in [0.25, 0.3) is 11.0 Å². The number of carbonyl (C=O) groups excluding carboxylic acids is 1. The minimum Gasteiger partial charge on any atom is -0.449 e. The zero-order valence-electron chi connectivity index (χ0n) is 21.4. The van der Waals surface area contributed by atoms with Gasteiger partial charge < -0.3 is 14.6 Å². The van der Waals surface area contributed by atoms with Crippen LogP contribution in [0.15, 0.2) is 83.7 Å². The van der Waals surface area contributed by atoms with E-state index in [0.29, 0.717) is 45.5 Å². The van der Waals surface area contributed by atoms with Gasteiger partial charge in [0.2, 0.25) is 0 Å². The number of amides is 1. The number of likely N-dealkylation sites (tertiary alicyclic amines) is 1. The molecule has 0 saturated carbocycles. The number of benzene rings is 3. The van der Waals surface area contributed by atoms with Crippen molar-refractivity contribution in [1.29, 1.82) is 0 Å². The normalized spacial score (nSPS) is 14.3. The molecular weight excluding hydrogens is 483 g/mol. The van der Waals surface area contributed by atoms with Crippen molar-refractivity contribution in [3.05, 3.63) is 106 Å². The van der Waals surface area contributed by atoms with Crippen molar-refractivity contribution >= 4 is 17.1 Å². The predicted molar refractivity (Wildman–Crippen MR) is 145 cm³/mol. The lowest BCUT2D eigenvalue weighted by Gasteiger charge is -2.32. The van der Waals surface area contributed by atoms with Gasteiger partial charge in [-0.2, -0.15) is 0 Å². The second kappa shape index (κ2) is 12.1. The molecule has 2 heterocycles. The molecule has 38 heavy (non-hydrogen) atoms. The fraction of sp³-hybridized carbons (Fsp3) is 0.333. The van der Waals surface area contributed by atoms with Crippen LogP contribution in [0.1, 0.15) is 36.4 Å². The van der Waals surface area contributed by atoms with Gasteiger partial charge in [-0.15, -0.1) is 0 Å². The first-order valence-electron chi connectivity index (χ1n) is 13.2. The van der Waals surface area contributed by atoms with Crippen LogP contribution in [-0.2, 0) is 17.8 Å². The Kier molecular flexibility index (Phi) is 8.19. The number of ether oxygens (including phenoxy) is 1. The molecule has 1 N–H and O–H groups in total. The van der Waals surface area contributed by atoms with Crippen LogP contribution < -0.4 is 5.69 Å². The predicted octanol–water partition coefficient (Wildman–Crippen LogP) is 5.33. The van der Waals surface area contributed by atoms with Crippen molar-refractivity contribution in [3.8, 4) is 0 Å². The van der Waals surface area contributed by atoms with E-state index in [1.165, 1.54) is 17.7 Å². The maximum Gasteiger partial charge on any atom is 0.409 e. The minimum absolute atomic E-state index is 0.0562. The molecular formula is C30H33FN4O3. The maximum atomic E-state index is 13.3. The second-order valence-corrected chi connectivity index (χ2v) is 9.83. The van der Waals surface area contributed by atoms with Crippen molar-refractivity contribution in [2.75, 3.05) is 26.2 Å². The summed E-state index contributed by atoms with van der Waals surface area (Å²) in [4.78, 5) is 32.1. The summed E-state index contributed by atoms with van der Waals surface area (Å²) in [6, 6.07) is 24.5. The van der Waals surface area contributed by atoms with Gasteiger partial charge in [0.05, 0.1) is 17.6 Å². The average Bonchev–Trinajstić information content (AvgIpc) is 3.28. The Morgan fingerprint density at radius 3 is 2.32 bits per heavy atom. The third-order valence-corrected chi connectivity index (χ3v) is 7.12. The third kappa shape index (κ3) is 6.31. The number of aromatic amines is 1. The van der Waals surface area contributed by atoms with Gasteiger partial charge in [-0.25, -0.2) is 14.0 Å². The highest BCUT2D eigenvalue weighted by Crippen LogP contribution is 2.25. The van der Waals surface area contributed by atoms with Gasteiger partial charge in [-0.3, -0.25) is 9.47 Å². The molecule has 1 aromatic heterocycles. The SMILES string of the molecule is O=C(OCCCN(Cc1ccccc1)Cc1ccc(F)cc1)N1CCC(n2c(=O)[nH]c3ccccc32)CC1. The van der Waals surface area contributed by atoms with Gasteiger partial charge in [0.1, 0.15) is 5.82 Å². The fourth-order valence-electron chi connectivity index (χ4n) is 5.19. The van der Waals surface area contributed by atoms with E-state index in [9.17, 15) is 14.0 Å². The molecule has 3 aromatic carbocycles. The minimum atomic E-state index is -0.303. The van der Waals surface area contributed by atoms with E-state index in [0.717, 1.165) is 29.7 Å². The van der Waals surface area contributed by atoms with E-state index in [4.69, 9.17) is 4.74 Å². The van der Waals surface area contributed by atoms with Gasteiger partial charge in [-0.05, 0) is 54.7 Å². The molecule has 1 amide bonds. The molecule has 0 unspecified atom stereocenters. The Balaban J connectivity index is 1.10. The Labute approximate surface area is 221 Å². The number of H-pyrrole nitrogens is 1. The number of fused-ring (bicyclic) bond motifs is 1. The molecule has 1 fully saturated rings. The van der Waals surface area contributed by atoms with E-state index in [1.807, 2.05) is 47.0 Å². The summed E-state index contributed by atoms with van der Waals surface area (Å²) >= 11 is 0. The summed E-state index contributed by atoms with van der Waals surface area (Å²) in [5.41, 5.74) is 3.87. The number of carbonyl (C=O) groups is 1. The van der Waals surface area contributed by atoms with E-state index in [2.05, 4.69) is 22.0 Å². The zero-order valence-corrected chi connectivity index (χ0v) is 21.4. The molecule has 7 nitrogen and oxygen atoms in total. The number of nitrogens with one attached hydrogen (secondary N) is 1. The van der Waals surface area contributed by atoms with Crippen molar-refractivity contribution in [2.24, 2.45) is 0 Å². The van der Waals surface area contributed by atoms with Crippen LogP contribution in [0, 0.1) is 5.82 Å². The quantitative estimate of drug-likeness (QED) is 0.305. The van der Waals surface area contributed by atoms with Gasteiger partial charge in [0.25, 0.3) is 0 Å². The standard InChI is InChI=1S/C30H33FN4O3/c31-25-13-11-24(12-14-25)22-33(21-23-7-2-1-3-8-23)17-6-20-38-30(37)34-18-15-26(16-19-34)35-28-10-5-4-9-27(28)32-29(35)36/h1-5,7-14,26H,6,15-22H2,(H,32,36). The summed E-state index contributed by atoms with van der Waals surface area (Å²) in [6.45, 7) is 3.62. The Morgan fingerprint density at radius 1 is 0.921 bits per heavy atom. The summed E-state index contributed by atoms with van der Waals surface area (Å²) in [7, 11) is 0. The average molecular weight is 517 g/mol. The molecule has 1 saturated heterocycles. The van der Waals surface area contributed by atoms with Crippen LogP contribution in [0.3, 0.4) is 0 Å². The smallest absolute Gasteiger partial charge is 0.409 e. The molecule has 0 radical (unpaired) electrons. The summed E-state index contributed by atoms with van der Waals surface area (Å²) < 4.78 is 20.8. The number of para-hydroxylation sites is 2. The Hall–Kier alpha value is -3.91. The lowest BCUT2D eigenvalue weighted by atomic mass is 10.0. The zero-order chi connectivity index (χ0) is 26.3. The molecule has 0 atom stereocenters. The molecule has 8 heteroatoms. The van der Waals surface area contributed by atoms with Gasteiger partial charge in [0.15, 0.2) is 0 Å². The number of aromatic nitrogens is 2. The fourth-order valence-corrected chi connectivity index (χ4v) is 5.19. The summed E-state index contributed by atoms with van der Waals surface area (Å²) in [5, 5.41) is 0. The first kappa shape index (κ1) is 25.7. The van der Waals surface area contributed by atoms with Crippen molar-refractivity contribution < 1.29 is 13.9 Å². The highest BCUT2D eigenvalue weighted by molar-refractivity contribution is 5.75. The Morgan fingerprint density at radius 2 is 1.58 bits per heavy atom. The van der Waals surface area contributed by atoms with E-state index in [-0.39, 0.29) is 23.6 Å². The summed E-state index contributed by atoms with van der Waals surface area (Å²) in [5.74, 6) is -0.243. The molecule has 1 aliphatic rings. The molecule has 198 valence electrons. The first-order chi connectivity index (χ1) is 18.6. The largest absolute Gasteiger partial charge is 0.449 e. The van der Waals surface area contributed by atoms with Crippen LogP contribution >= 0.6 is 0 Å². The van der Waals surface area contributed by atoms with Crippen LogP contribution in [0.5, 0.6) is 0 Å². The number of piperidine rings is 1. The second-order valence-electron chi connectivity index (χ2n) is 9.83. The molecule has 4 aromatic rings. The van der Waals surface area contributed by atoms with Crippen LogP contribution in [0.2, 0.25) is 0 Å². The monoisotopic (exact) mass is 516 g/mol. The van der Waals surface area contributed by atoms with Crippen molar-refractivity contribution in [1.82, 2.24) is 19.4 Å². The lowest BCUT2D eigenvalue weighted by Crippen LogP contribution is -2.41. The molecule has 0 spiro atoms.